The Kier molecular flexibility index (Phi) is 9.10. The fourth-order valence-electron chi connectivity index (χ4n) is 11.6. The van der Waals surface area contributed by atoms with E-state index in [0.717, 1.165) is 76.9 Å². The first-order valence-electron chi connectivity index (χ1n) is 24.3. The number of nitrogens with zero attached hydrogens (tertiary/aromatic N) is 5. The number of fused-ring (bicyclic) bond motifs is 11. The van der Waals surface area contributed by atoms with E-state index < -0.39 is 15.3 Å². The third-order valence-electron chi connectivity index (χ3n) is 15.3. The second kappa shape index (κ2) is 15.4. The van der Waals surface area contributed by atoms with E-state index in [1.807, 2.05) is 84.9 Å². The van der Waals surface area contributed by atoms with Crippen LogP contribution in [0.3, 0.4) is 0 Å². The van der Waals surface area contributed by atoms with Gasteiger partial charge in [0.25, 0.3) is 0 Å². The van der Waals surface area contributed by atoms with Gasteiger partial charge in [0.15, 0.2) is 11.6 Å². The normalized spacial score (nSPS) is 15.1. The summed E-state index contributed by atoms with van der Waals surface area (Å²) >= 11 is 1.78. The number of hydrogen-bond donors (Lipinski definition) is 0. The lowest BCUT2D eigenvalue weighted by Crippen LogP contribution is -2.32. The molecule has 7 nitrogen and oxygen atoms in total. The van der Waals surface area contributed by atoms with Gasteiger partial charge in [0.1, 0.15) is 0 Å². The van der Waals surface area contributed by atoms with Crippen molar-refractivity contribution >= 4 is 80.2 Å². The fourth-order valence-corrected chi connectivity index (χ4v) is 14.8. The van der Waals surface area contributed by atoms with Crippen molar-refractivity contribution in [3.05, 3.63) is 222 Å². The lowest BCUT2D eigenvalue weighted by molar-refractivity contribution is 0.556. The molecular formula is C63H45N5O2S2. The van der Waals surface area contributed by atoms with E-state index in [-0.39, 0.29) is 5.41 Å². The zero-order valence-corrected chi connectivity index (χ0v) is 41.6. The number of hydrogen-bond acceptors (Lipinski definition) is 7. The van der Waals surface area contributed by atoms with Crippen molar-refractivity contribution < 1.29 is 8.42 Å². The third kappa shape index (κ3) is 6.14. The highest BCUT2D eigenvalue weighted by atomic mass is 32.2. The molecule has 0 spiro atoms. The summed E-state index contributed by atoms with van der Waals surface area (Å²) in [6, 6.07) is 68.6. The largest absolute Gasteiger partial charge is 0.310 e. The molecule has 0 N–H and O–H groups in total. The van der Waals surface area contributed by atoms with Crippen molar-refractivity contribution in [2.24, 2.45) is 0 Å². The molecule has 2 aliphatic rings. The van der Waals surface area contributed by atoms with Crippen LogP contribution in [0.25, 0.3) is 81.8 Å². The van der Waals surface area contributed by atoms with Crippen LogP contribution in [0.1, 0.15) is 49.9 Å². The van der Waals surface area contributed by atoms with Crippen LogP contribution in [0.15, 0.2) is 210 Å². The summed E-state index contributed by atoms with van der Waals surface area (Å²) < 4.78 is 34.2. The molecule has 9 heteroatoms. The van der Waals surface area contributed by atoms with Crippen molar-refractivity contribution in [3.63, 3.8) is 0 Å². The number of rotatable bonds is 5. The first-order valence-corrected chi connectivity index (χ1v) is 26.6. The second-order valence-corrected chi connectivity index (χ2v) is 23.0. The van der Waals surface area contributed by atoms with Crippen LogP contribution in [0.2, 0.25) is 0 Å². The Hall–Kier alpha value is -8.24. The summed E-state index contributed by atoms with van der Waals surface area (Å²) in [5.74, 6) is 1.70. The summed E-state index contributed by atoms with van der Waals surface area (Å²) in [6.45, 7) is 8.86. The topological polar surface area (TPSA) is 81.0 Å². The second-order valence-electron chi connectivity index (χ2n) is 20.0. The van der Waals surface area contributed by atoms with Crippen molar-refractivity contribution in [3.8, 4) is 39.9 Å². The van der Waals surface area contributed by atoms with Gasteiger partial charge in [-0.25, -0.2) is 13.4 Å². The number of thiophene rings is 1. The number of anilines is 3. The van der Waals surface area contributed by atoms with Gasteiger partial charge in [0.2, 0.25) is 15.8 Å². The highest BCUT2D eigenvalue weighted by Crippen LogP contribution is 2.54. The van der Waals surface area contributed by atoms with Gasteiger partial charge in [0.05, 0.1) is 36.9 Å². The predicted octanol–water partition coefficient (Wildman–Crippen LogP) is 15.9. The Morgan fingerprint density at radius 2 is 0.986 bits per heavy atom. The van der Waals surface area contributed by atoms with Crippen molar-refractivity contribution in [2.75, 3.05) is 4.90 Å². The van der Waals surface area contributed by atoms with Crippen molar-refractivity contribution in [2.45, 2.75) is 48.3 Å². The van der Waals surface area contributed by atoms with E-state index >= 15 is 0 Å². The first kappa shape index (κ1) is 42.6. The number of sulfone groups is 1. The Balaban J connectivity index is 0.950. The minimum Gasteiger partial charge on any atom is -0.310 e. The van der Waals surface area contributed by atoms with Gasteiger partial charge in [-0.2, -0.15) is 9.97 Å². The van der Waals surface area contributed by atoms with Crippen LogP contribution in [0.4, 0.5) is 17.1 Å². The zero-order valence-electron chi connectivity index (χ0n) is 39.9. The summed E-state index contributed by atoms with van der Waals surface area (Å²) in [7, 11) is -3.87. The lowest BCUT2D eigenvalue weighted by atomic mass is 9.73. The van der Waals surface area contributed by atoms with E-state index in [0.29, 0.717) is 27.4 Å². The number of para-hydroxylation sites is 2. The van der Waals surface area contributed by atoms with E-state index in [1.54, 1.807) is 11.3 Å². The molecular weight excluding hydrogens is 923 g/mol. The number of aromatic nitrogens is 4. The Morgan fingerprint density at radius 1 is 0.444 bits per heavy atom. The lowest BCUT2D eigenvalue weighted by Gasteiger charge is -2.42. The molecule has 0 saturated carbocycles. The van der Waals surface area contributed by atoms with E-state index in [9.17, 15) is 8.42 Å². The molecule has 9 aromatic carbocycles. The molecule has 0 bridgehead atoms. The van der Waals surface area contributed by atoms with Crippen LogP contribution >= 0.6 is 11.3 Å². The standard InChI is InChI=1S/C63H45N5O2S2/c1-62(2)47-22-12-14-24-52(47)67(53-25-15-13-23-48(53)62)42-29-34-56-50(37-42)63(3,4)49-36-41(28-33-55(49)72(56,69)70)40-27-32-51-46(35-40)44-30-31-45-43-21-11-16-26-54(43)71-58(45)57(44)68(51)61-65-59(38-17-7-5-8-18-38)64-60(66-61)39-19-9-6-10-20-39/h5-37H,1-4H3. The van der Waals surface area contributed by atoms with Crippen LogP contribution in [0.5, 0.6) is 0 Å². The minimum atomic E-state index is -3.87. The minimum absolute atomic E-state index is 0.219. The van der Waals surface area contributed by atoms with Crippen LogP contribution in [0, 0.1) is 0 Å². The van der Waals surface area contributed by atoms with Crippen molar-refractivity contribution in [1.82, 2.24) is 19.5 Å². The average Bonchev–Trinajstić information content (AvgIpc) is 3.97. The molecule has 0 unspecified atom stereocenters. The Bertz CT molecular complexity index is 4260. The molecule has 346 valence electrons. The van der Waals surface area contributed by atoms with Gasteiger partial charge in [-0.1, -0.05) is 167 Å². The summed E-state index contributed by atoms with van der Waals surface area (Å²) in [5, 5.41) is 4.49. The maximum atomic E-state index is 14.8. The maximum Gasteiger partial charge on any atom is 0.238 e. The Labute approximate surface area is 421 Å². The third-order valence-corrected chi connectivity index (χ3v) is 18.3. The quantitative estimate of drug-likeness (QED) is 0.171. The molecule has 0 amide bonds. The highest BCUT2D eigenvalue weighted by Gasteiger charge is 2.42. The molecule has 72 heavy (non-hydrogen) atoms. The van der Waals surface area contributed by atoms with Gasteiger partial charge in [-0.15, -0.1) is 11.3 Å². The monoisotopic (exact) mass is 967 g/mol. The molecule has 3 aromatic heterocycles. The Morgan fingerprint density at radius 3 is 1.67 bits per heavy atom. The van der Waals surface area contributed by atoms with Crippen LogP contribution in [-0.4, -0.2) is 27.9 Å². The molecule has 0 atom stereocenters. The molecule has 0 radical (unpaired) electrons. The predicted molar refractivity (Wildman–Crippen MR) is 294 cm³/mol. The molecule has 0 fully saturated rings. The van der Waals surface area contributed by atoms with Crippen LogP contribution < -0.4 is 4.90 Å². The maximum absolute atomic E-state index is 14.8. The molecule has 0 aliphatic carbocycles. The van der Waals surface area contributed by atoms with Gasteiger partial charge in [0, 0.05) is 53.9 Å². The molecule has 12 aromatic rings. The zero-order chi connectivity index (χ0) is 48.7. The highest BCUT2D eigenvalue weighted by molar-refractivity contribution is 7.91. The van der Waals surface area contributed by atoms with Gasteiger partial charge in [-0.05, 0) is 94.0 Å². The van der Waals surface area contributed by atoms with Crippen LogP contribution in [-0.2, 0) is 20.7 Å². The summed E-state index contributed by atoms with van der Waals surface area (Å²) in [4.78, 5) is 18.5. The average molecular weight is 968 g/mol. The van der Waals surface area contributed by atoms with Gasteiger partial charge in [-0.3, -0.25) is 4.57 Å². The van der Waals surface area contributed by atoms with E-state index in [4.69, 9.17) is 15.0 Å². The van der Waals surface area contributed by atoms with Gasteiger partial charge < -0.3 is 4.90 Å². The van der Waals surface area contributed by atoms with E-state index in [2.05, 4.69) is 152 Å². The summed E-state index contributed by atoms with van der Waals surface area (Å²) in [5.41, 5.74) is 11.9. The van der Waals surface area contributed by atoms with Crippen molar-refractivity contribution in [1.29, 1.82) is 0 Å². The molecule has 5 heterocycles. The smallest absolute Gasteiger partial charge is 0.238 e. The van der Waals surface area contributed by atoms with E-state index in [1.165, 1.54) is 26.6 Å². The SMILES string of the molecule is CC1(C)c2ccccc2N(c2ccc3c(c2)C(C)(C)c2cc(-c4ccc5c(c4)c4ccc6c7ccccc7sc6c4n5-c4nc(-c5ccccc5)nc(-c5ccccc5)n4)ccc2S3(=O)=O)c2ccccc21. The first-order chi connectivity index (χ1) is 35.0. The molecule has 0 saturated heterocycles. The molecule has 2 aliphatic heterocycles. The fraction of sp³-hybridized carbons (Fsp3) is 0.0952. The van der Waals surface area contributed by atoms with Gasteiger partial charge >= 0.3 is 0 Å². The molecule has 14 rings (SSSR count). The summed E-state index contributed by atoms with van der Waals surface area (Å²) in [6.07, 6.45) is 0. The number of benzene rings is 9.